The van der Waals surface area contributed by atoms with E-state index in [2.05, 4.69) is 16.9 Å². The van der Waals surface area contributed by atoms with Crippen LogP contribution in [0.3, 0.4) is 0 Å². The third-order valence-electron chi connectivity index (χ3n) is 6.18. The predicted octanol–water partition coefficient (Wildman–Crippen LogP) is 2.82. The maximum Gasteiger partial charge on any atom is 0.272 e. The summed E-state index contributed by atoms with van der Waals surface area (Å²) in [5, 5.41) is 1.05. The topological polar surface area (TPSA) is 54.9 Å². The van der Waals surface area contributed by atoms with Crippen molar-refractivity contribution < 1.29 is 14.3 Å². The number of rotatable bonds is 6. The van der Waals surface area contributed by atoms with Gasteiger partial charge in [-0.15, -0.1) is 0 Å². The maximum atomic E-state index is 13.1. The van der Waals surface area contributed by atoms with Crippen LogP contribution in [-0.4, -0.2) is 79.8 Å². The smallest absolute Gasteiger partial charge is 0.272 e. The fraction of sp³-hybridized carbons (Fsp3) is 0.565. The Morgan fingerprint density at radius 3 is 3.07 bits per heavy atom. The number of amides is 1. The lowest BCUT2D eigenvalue weighted by atomic mass is 9.86. The van der Waals surface area contributed by atoms with Gasteiger partial charge in [0.05, 0.1) is 30.9 Å². The summed E-state index contributed by atoms with van der Waals surface area (Å²) < 4.78 is 11.5. The van der Waals surface area contributed by atoms with Gasteiger partial charge in [0.2, 0.25) is 0 Å². The summed E-state index contributed by atoms with van der Waals surface area (Å²) in [4.78, 5) is 22.0. The van der Waals surface area contributed by atoms with Crippen LogP contribution in [-0.2, 0) is 9.47 Å². The molecule has 1 spiro atoms. The van der Waals surface area contributed by atoms with Crippen LogP contribution < -0.4 is 0 Å². The molecule has 156 valence electrons. The normalized spacial score (nSPS) is 24.7. The zero-order valence-corrected chi connectivity index (χ0v) is 17.5. The van der Waals surface area contributed by atoms with Crippen LogP contribution in [0.1, 0.15) is 29.8 Å². The Morgan fingerprint density at radius 2 is 2.21 bits per heavy atom. The van der Waals surface area contributed by atoms with Crippen molar-refractivity contribution in [3.8, 4) is 0 Å². The lowest BCUT2D eigenvalue weighted by Gasteiger charge is -2.39. The molecular weight excluding hydrogens is 366 g/mol. The molecule has 0 aliphatic carbocycles. The zero-order valence-electron chi connectivity index (χ0n) is 17.5. The molecule has 6 heteroatoms. The van der Waals surface area contributed by atoms with Gasteiger partial charge in [-0.1, -0.05) is 24.3 Å². The number of likely N-dealkylation sites (N-methyl/N-ethyl adjacent to an activating group) is 1. The quantitative estimate of drug-likeness (QED) is 0.750. The van der Waals surface area contributed by atoms with E-state index in [4.69, 9.17) is 9.47 Å². The number of pyridine rings is 1. The molecule has 0 radical (unpaired) electrons. The van der Waals surface area contributed by atoms with Gasteiger partial charge in [-0.3, -0.25) is 4.79 Å². The highest BCUT2D eigenvalue weighted by Gasteiger charge is 2.44. The first-order valence-corrected chi connectivity index (χ1v) is 10.6. The van der Waals surface area contributed by atoms with E-state index in [-0.39, 0.29) is 11.5 Å². The zero-order chi connectivity index (χ0) is 20.3. The average Bonchev–Trinajstić information content (AvgIpc) is 3.12. The van der Waals surface area contributed by atoms with E-state index in [1.54, 1.807) is 7.11 Å². The number of hydrogen-bond donors (Lipinski definition) is 0. The van der Waals surface area contributed by atoms with Crippen molar-refractivity contribution in [1.29, 1.82) is 0 Å². The fourth-order valence-electron chi connectivity index (χ4n) is 4.74. The molecule has 0 bridgehead atoms. The molecule has 3 heterocycles. The third-order valence-corrected chi connectivity index (χ3v) is 6.18. The number of nitrogens with zero attached hydrogens (tertiary/aromatic N) is 3. The molecule has 2 saturated heterocycles. The van der Waals surface area contributed by atoms with Crippen LogP contribution in [0.4, 0.5) is 0 Å². The minimum absolute atomic E-state index is 0.0130. The van der Waals surface area contributed by atoms with Crippen molar-refractivity contribution in [3.63, 3.8) is 0 Å². The van der Waals surface area contributed by atoms with E-state index in [1.165, 1.54) is 0 Å². The van der Waals surface area contributed by atoms with Crippen molar-refractivity contribution in [2.45, 2.75) is 24.9 Å². The Bertz CT molecular complexity index is 858. The molecule has 2 aliphatic rings. The third kappa shape index (κ3) is 4.60. The minimum atomic E-state index is -0.197. The highest BCUT2D eigenvalue weighted by atomic mass is 16.5. The molecule has 1 amide bonds. The Balaban J connectivity index is 1.40. The predicted molar refractivity (Wildman–Crippen MR) is 113 cm³/mol. The van der Waals surface area contributed by atoms with Crippen molar-refractivity contribution >= 4 is 16.8 Å². The summed E-state index contributed by atoms with van der Waals surface area (Å²) in [6.07, 6.45) is 3.02. The average molecular weight is 398 g/mol. The second-order valence-electron chi connectivity index (χ2n) is 8.54. The van der Waals surface area contributed by atoms with E-state index < -0.39 is 0 Å². The summed E-state index contributed by atoms with van der Waals surface area (Å²) in [6, 6.07) is 11.7. The molecule has 2 aliphatic heterocycles. The number of carbonyl (C=O) groups is 1. The van der Waals surface area contributed by atoms with Gasteiger partial charge in [-0.25, -0.2) is 4.98 Å². The number of ether oxygens (including phenoxy) is 2. The Morgan fingerprint density at radius 1 is 1.34 bits per heavy atom. The van der Waals surface area contributed by atoms with Crippen LogP contribution in [0, 0.1) is 5.92 Å². The first kappa shape index (κ1) is 20.3. The molecule has 2 atom stereocenters. The Labute approximate surface area is 172 Å². The molecule has 4 rings (SSSR count). The second-order valence-corrected chi connectivity index (χ2v) is 8.54. The number of carbonyl (C=O) groups excluding carboxylic acids is 1. The summed E-state index contributed by atoms with van der Waals surface area (Å²) >= 11 is 0. The van der Waals surface area contributed by atoms with Crippen LogP contribution >= 0.6 is 0 Å². The first-order chi connectivity index (χ1) is 14.1. The van der Waals surface area contributed by atoms with Crippen LogP contribution in [0.25, 0.3) is 10.9 Å². The first-order valence-electron chi connectivity index (χ1n) is 10.6. The van der Waals surface area contributed by atoms with Crippen molar-refractivity contribution in [2.75, 3.05) is 53.6 Å². The number of piperidine rings is 1. The molecule has 0 unspecified atom stereocenters. The molecule has 0 saturated carbocycles. The van der Waals surface area contributed by atoms with Gasteiger partial charge in [-0.05, 0) is 44.4 Å². The second kappa shape index (κ2) is 8.78. The van der Waals surface area contributed by atoms with Crippen molar-refractivity contribution in [3.05, 3.63) is 42.1 Å². The number of likely N-dealkylation sites (tertiary alicyclic amines) is 1. The molecule has 0 N–H and O–H groups in total. The van der Waals surface area contributed by atoms with Gasteiger partial charge in [0.15, 0.2) is 0 Å². The standard InChI is InChI=1S/C23H31N3O3/c1-25(12-13-28-2)15-18-14-23(29-16-18)10-5-11-26(17-23)22(27)21-9-8-19-6-3-4-7-20(19)24-21/h3-4,6-9,18H,5,10-17H2,1-2H3/t18-,23+/m1/s1. The van der Waals surface area contributed by atoms with E-state index >= 15 is 0 Å². The lowest BCUT2D eigenvalue weighted by Crippen LogP contribution is -2.50. The molecule has 2 aromatic rings. The molecule has 2 fully saturated rings. The summed E-state index contributed by atoms with van der Waals surface area (Å²) in [5.74, 6) is 0.518. The summed E-state index contributed by atoms with van der Waals surface area (Å²) in [6.45, 7) is 4.89. The molecule has 6 nitrogen and oxygen atoms in total. The summed E-state index contributed by atoms with van der Waals surface area (Å²) in [7, 11) is 3.87. The molecule has 1 aromatic heterocycles. The van der Waals surface area contributed by atoms with E-state index in [9.17, 15) is 4.79 Å². The SMILES string of the molecule is COCCN(C)C[C@@H]1CO[C@@]2(CCCN(C(=O)c3ccc4ccccc4n3)C2)C1. The Hall–Kier alpha value is -2.02. The van der Waals surface area contributed by atoms with Gasteiger partial charge in [0.1, 0.15) is 5.69 Å². The maximum absolute atomic E-state index is 13.1. The highest BCUT2D eigenvalue weighted by Crippen LogP contribution is 2.38. The number of fused-ring (bicyclic) bond motifs is 1. The molecular formula is C23H31N3O3. The highest BCUT2D eigenvalue weighted by molar-refractivity contribution is 5.95. The number of benzene rings is 1. The van der Waals surface area contributed by atoms with Gasteiger partial charge in [-0.2, -0.15) is 0 Å². The van der Waals surface area contributed by atoms with Crippen LogP contribution in [0.2, 0.25) is 0 Å². The number of para-hydroxylation sites is 1. The van der Waals surface area contributed by atoms with Crippen molar-refractivity contribution in [2.24, 2.45) is 5.92 Å². The van der Waals surface area contributed by atoms with E-state index in [1.807, 2.05) is 41.3 Å². The number of hydrogen-bond acceptors (Lipinski definition) is 5. The van der Waals surface area contributed by atoms with Gasteiger partial charge >= 0.3 is 0 Å². The van der Waals surface area contributed by atoms with E-state index in [0.717, 1.165) is 63.0 Å². The lowest BCUT2D eigenvalue weighted by molar-refractivity contribution is -0.0451. The monoisotopic (exact) mass is 397 g/mol. The van der Waals surface area contributed by atoms with Crippen molar-refractivity contribution in [1.82, 2.24) is 14.8 Å². The van der Waals surface area contributed by atoms with Gasteiger partial charge in [0.25, 0.3) is 5.91 Å². The van der Waals surface area contributed by atoms with Crippen LogP contribution in [0.5, 0.6) is 0 Å². The Kier molecular flexibility index (Phi) is 6.13. The number of aromatic nitrogens is 1. The molecule has 29 heavy (non-hydrogen) atoms. The van der Waals surface area contributed by atoms with E-state index in [0.29, 0.717) is 18.2 Å². The van der Waals surface area contributed by atoms with Gasteiger partial charge in [0, 0.05) is 32.1 Å². The minimum Gasteiger partial charge on any atom is -0.383 e. The van der Waals surface area contributed by atoms with Crippen LogP contribution in [0.15, 0.2) is 36.4 Å². The van der Waals surface area contributed by atoms with Gasteiger partial charge < -0.3 is 19.3 Å². The molecule has 1 aromatic carbocycles. The fourth-order valence-corrected chi connectivity index (χ4v) is 4.74. The summed E-state index contributed by atoms with van der Waals surface area (Å²) in [5.41, 5.74) is 1.19. The number of methoxy groups -OCH3 is 1. The largest absolute Gasteiger partial charge is 0.383 e.